The van der Waals surface area contributed by atoms with Gasteiger partial charge in [-0.3, -0.25) is 9.80 Å². The number of carbonyl (C=O) groups excluding carboxylic acids is 1. The fourth-order valence-electron chi connectivity index (χ4n) is 2.92. The maximum absolute atomic E-state index is 12.7. The first kappa shape index (κ1) is 19.2. The monoisotopic (exact) mass is 383 g/mol. The van der Waals surface area contributed by atoms with Gasteiger partial charge in [0.25, 0.3) is 5.91 Å². The van der Waals surface area contributed by atoms with E-state index in [9.17, 15) is 14.7 Å². The first-order valence-corrected chi connectivity index (χ1v) is 8.65. The van der Waals surface area contributed by atoms with Crippen molar-refractivity contribution in [2.24, 2.45) is 5.10 Å². The van der Waals surface area contributed by atoms with Crippen molar-refractivity contribution in [1.82, 2.24) is 0 Å². The van der Waals surface area contributed by atoms with E-state index in [1.165, 1.54) is 26.4 Å². The predicted molar refractivity (Wildman–Crippen MR) is 106 cm³/mol. The molecule has 0 aromatic heterocycles. The molecule has 8 nitrogen and oxygen atoms in total. The van der Waals surface area contributed by atoms with Crippen molar-refractivity contribution in [3.63, 3.8) is 0 Å². The molecule has 0 unspecified atom stereocenters. The molecular formula is C20H21N3O5. The van der Waals surface area contributed by atoms with Gasteiger partial charge >= 0.3 is 5.97 Å². The van der Waals surface area contributed by atoms with Gasteiger partial charge in [0.05, 0.1) is 31.2 Å². The second-order valence-electron chi connectivity index (χ2n) is 6.27. The summed E-state index contributed by atoms with van der Waals surface area (Å²) in [6, 6.07) is 9.70. The number of nitrogens with zero attached hydrogens (tertiary/aromatic N) is 2. The van der Waals surface area contributed by atoms with E-state index >= 15 is 0 Å². The quantitative estimate of drug-likeness (QED) is 0.794. The van der Waals surface area contributed by atoms with Crippen molar-refractivity contribution < 1.29 is 24.2 Å². The van der Waals surface area contributed by atoms with Gasteiger partial charge in [-0.05, 0) is 43.3 Å². The summed E-state index contributed by atoms with van der Waals surface area (Å²) in [6.45, 7) is 2.80. The van der Waals surface area contributed by atoms with E-state index in [1.807, 2.05) is 24.1 Å². The molecule has 1 heterocycles. The number of amides is 1. The van der Waals surface area contributed by atoms with Crippen LogP contribution in [0.4, 0.5) is 11.4 Å². The van der Waals surface area contributed by atoms with E-state index in [2.05, 4.69) is 10.4 Å². The van der Waals surface area contributed by atoms with Crippen LogP contribution in [0.5, 0.6) is 11.5 Å². The molecule has 0 fully saturated rings. The number of aromatic carboxylic acids is 1. The van der Waals surface area contributed by atoms with Crippen LogP contribution in [0.25, 0.3) is 0 Å². The number of anilines is 2. The molecular weight excluding hydrogens is 362 g/mol. The largest absolute Gasteiger partial charge is 0.493 e. The van der Waals surface area contributed by atoms with Gasteiger partial charge in [-0.15, -0.1) is 0 Å². The summed E-state index contributed by atoms with van der Waals surface area (Å²) >= 11 is 0. The Morgan fingerprint density at radius 2 is 1.82 bits per heavy atom. The Morgan fingerprint density at radius 1 is 1.11 bits per heavy atom. The third-order valence-corrected chi connectivity index (χ3v) is 4.38. The van der Waals surface area contributed by atoms with Crippen molar-refractivity contribution in [2.45, 2.75) is 13.3 Å². The van der Waals surface area contributed by atoms with Gasteiger partial charge < -0.3 is 19.9 Å². The Labute approximate surface area is 162 Å². The van der Waals surface area contributed by atoms with Crippen LogP contribution in [0.15, 0.2) is 41.5 Å². The number of methoxy groups -OCH3 is 2. The van der Waals surface area contributed by atoms with Crippen LogP contribution in [-0.4, -0.2) is 43.5 Å². The molecule has 3 rings (SSSR count). The smallest absolute Gasteiger partial charge is 0.335 e. The number of rotatable bonds is 6. The molecule has 1 aliphatic rings. The van der Waals surface area contributed by atoms with Crippen LogP contribution in [0.2, 0.25) is 0 Å². The summed E-state index contributed by atoms with van der Waals surface area (Å²) in [4.78, 5) is 24.0. The highest BCUT2D eigenvalue weighted by Crippen LogP contribution is 2.37. The number of hydrazone groups is 1. The van der Waals surface area contributed by atoms with Crippen molar-refractivity contribution in [3.05, 3.63) is 47.5 Å². The summed E-state index contributed by atoms with van der Waals surface area (Å²) in [6.07, 6.45) is 0.920. The molecule has 8 heteroatoms. The highest BCUT2D eigenvalue weighted by atomic mass is 16.5. The molecule has 1 aliphatic heterocycles. The number of nitrogens with one attached hydrogen (secondary N) is 1. The number of ether oxygens (including phenoxy) is 2. The van der Waals surface area contributed by atoms with Gasteiger partial charge in [-0.25, -0.2) is 4.79 Å². The molecule has 2 N–H and O–H groups in total. The standard InChI is InChI=1S/C20H21N3O5/c1-12-8-9-23(22-12)15-6-4-13(5-7-15)19(24)21-16-10-14(20(25)26)11-17(27-2)18(16)28-3/h4-7,10-11H,8-9H2,1-3H3,(H,21,24)(H,25,26). The SMILES string of the molecule is COc1cc(C(=O)O)cc(NC(=O)c2ccc(N3CCC(C)=N3)cc2)c1OC. The zero-order valence-corrected chi connectivity index (χ0v) is 15.9. The number of carboxylic acids is 1. The number of benzene rings is 2. The Morgan fingerprint density at radius 3 is 2.36 bits per heavy atom. The third-order valence-electron chi connectivity index (χ3n) is 4.38. The minimum Gasteiger partial charge on any atom is -0.493 e. The molecule has 2 aromatic rings. The second kappa shape index (κ2) is 7.99. The molecule has 0 spiro atoms. The van der Waals surface area contributed by atoms with Crippen molar-refractivity contribution >= 4 is 29.0 Å². The molecule has 0 saturated carbocycles. The normalized spacial score (nSPS) is 13.1. The lowest BCUT2D eigenvalue weighted by Gasteiger charge is -2.16. The van der Waals surface area contributed by atoms with E-state index in [1.54, 1.807) is 12.1 Å². The maximum Gasteiger partial charge on any atom is 0.335 e. The van der Waals surface area contributed by atoms with Crippen LogP contribution in [0.3, 0.4) is 0 Å². The summed E-state index contributed by atoms with van der Waals surface area (Å²) in [5.41, 5.74) is 2.59. The zero-order valence-electron chi connectivity index (χ0n) is 15.9. The van der Waals surface area contributed by atoms with Crippen LogP contribution in [0, 0.1) is 0 Å². The van der Waals surface area contributed by atoms with Gasteiger partial charge in [0.1, 0.15) is 0 Å². The summed E-state index contributed by atoms with van der Waals surface area (Å²) in [7, 11) is 2.82. The van der Waals surface area contributed by atoms with E-state index in [0.717, 1.165) is 24.4 Å². The highest BCUT2D eigenvalue weighted by molar-refractivity contribution is 6.06. The molecule has 1 amide bonds. The van der Waals surface area contributed by atoms with Crippen LogP contribution < -0.4 is 19.8 Å². The molecule has 2 aromatic carbocycles. The van der Waals surface area contributed by atoms with E-state index in [4.69, 9.17) is 9.47 Å². The lowest BCUT2D eigenvalue weighted by atomic mass is 10.1. The summed E-state index contributed by atoms with van der Waals surface area (Å²) in [5, 5.41) is 18.3. The van der Waals surface area contributed by atoms with Crippen LogP contribution in [0.1, 0.15) is 34.1 Å². The lowest BCUT2D eigenvalue weighted by Crippen LogP contribution is -2.15. The lowest BCUT2D eigenvalue weighted by molar-refractivity contribution is 0.0696. The molecule has 0 aliphatic carbocycles. The molecule has 0 radical (unpaired) electrons. The molecule has 0 saturated heterocycles. The number of hydrogen-bond acceptors (Lipinski definition) is 6. The minimum atomic E-state index is -1.14. The van der Waals surface area contributed by atoms with E-state index < -0.39 is 11.9 Å². The first-order chi connectivity index (χ1) is 13.4. The van der Waals surface area contributed by atoms with Gasteiger partial charge in [0.2, 0.25) is 0 Å². The number of carboxylic acid groups (broad SMARTS) is 1. The van der Waals surface area contributed by atoms with Crippen LogP contribution >= 0.6 is 0 Å². The minimum absolute atomic E-state index is 0.0226. The number of hydrogen-bond donors (Lipinski definition) is 2. The van der Waals surface area contributed by atoms with Crippen molar-refractivity contribution in [1.29, 1.82) is 0 Å². The summed E-state index contributed by atoms with van der Waals surface area (Å²) < 4.78 is 10.5. The predicted octanol–water partition coefficient (Wildman–Crippen LogP) is 3.24. The summed E-state index contributed by atoms with van der Waals surface area (Å²) in [5.74, 6) is -1.06. The number of carbonyl (C=O) groups is 2. The molecule has 28 heavy (non-hydrogen) atoms. The topological polar surface area (TPSA) is 100 Å². The van der Waals surface area contributed by atoms with Crippen molar-refractivity contribution in [3.8, 4) is 11.5 Å². The zero-order chi connectivity index (χ0) is 20.3. The van der Waals surface area contributed by atoms with E-state index in [-0.39, 0.29) is 22.7 Å². The van der Waals surface area contributed by atoms with Gasteiger partial charge in [-0.2, -0.15) is 5.10 Å². The Kier molecular flexibility index (Phi) is 5.49. The van der Waals surface area contributed by atoms with Gasteiger partial charge in [0, 0.05) is 24.2 Å². The van der Waals surface area contributed by atoms with Crippen LogP contribution in [-0.2, 0) is 0 Å². The second-order valence-corrected chi connectivity index (χ2v) is 6.27. The maximum atomic E-state index is 12.7. The molecule has 0 atom stereocenters. The molecule has 0 bridgehead atoms. The van der Waals surface area contributed by atoms with Crippen molar-refractivity contribution in [2.75, 3.05) is 31.1 Å². The Balaban J connectivity index is 1.84. The van der Waals surface area contributed by atoms with Gasteiger partial charge in [0.15, 0.2) is 11.5 Å². The fourth-order valence-corrected chi connectivity index (χ4v) is 2.92. The first-order valence-electron chi connectivity index (χ1n) is 8.65. The third kappa shape index (κ3) is 3.90. The average molecular weight is 383 g/mol. The Hall–Kier alpha value is -3.55. The van der Waals surface area contributed by atoms with E-state index in [0.29, 0.717) is 5.56 Å². The van der Waals surface area contributed by atoms with Gasteiger partial charge in [-0.1, -0.05) is 0 Å². The Bertz CT molecular complexity index is 938. The molecule has 146 valence electrons. The average Bonchev–Trinajstić information content (AvgIpc) is 3.13. The fraction of sp³-hybridized carbons (Fsp3) is 0.250. The highest BCUT2D eigenvalue weighted by Gasteiger charge is 2.19.